The first-order chi connectivity index (χ1) is 18.6. The molecule has 3 aromatic heterocycles. The highest BCUT2D eigenvalue weighted by atomic mass is 16.5. The summed E-state index contributed by atoms with van der Waals surface area (Å²) in [6.07, 6.45) is 2.71. The number of hydrogen-bond donors (Lipinski definition) is 3. The summed E-state index contributed by atoms with van der Waals surface area (Å²) in [5.74, 6) is 0.951. The van der Waals surface area contributed by atoms with Gasteiger partial charge in [0.2, 0.25) is 5.91 Å². The Kier molecular flexibility index (Phi) is 7.62. The monoisotopic (exact) mass is 509 g/mol. The van der Waals surface area contributed by atoms with Crippen LogP contribution in [-0.2, 0) is 17.8 Å². The number of rotatable bonds is 11. The molecule has 0 fully saturated rings. The average Bonchev–Trinajstić information content (AvgIpc) is 3.37. The number of pyridine rings is 1. The summed E-state index contributed by atoms with van der Waals surface area (Å²) in [6.45, 7) is 4.21. The Hall–Kier alpha value is -4.67. The third-order valence-electron chi connectivity index (χ3n) is 5.97. The van der Waals surface area contributed by atoms with Crippen LogP contribution in [0.4, 0.5) is 0 Å². The third-order valence-corrected chi connectivity index (χ3v) is 5.97. The molecule has 10 nitrogen and oxygen atoms in total. The van der Waals surface area contributed by atoms with Crippen molar-refractivity contribution in [3.63, 3.8) is 0 Å². The number of benzene rings is 2. The van der Waals surface area contributed by atoms with Crippen LogP contribution in [0.1, 0.15) is 11.4 Å². The van der Waals surface area contributed by atoms with E-state index < -0.39 is 6.23 Å². The molecule has 10 heteroatoms. The number of nitrogens with one attached hydrogen (secondary N) is 2. The van der Waals surface area contributed by atoms with Gasteiger partial charge in [0.1, 0.15) is 18.6 Å². The van der Waals surface area contributed by atoms with E-state index in [2.05, 4.69) is 32.4 Å². The highest BCUT2D eigenvalue weighted by molar-refractivity contribution is 5.86. The number of hydrogen-bond acceptors (Lipinski definition) is 8. The molecular weight excluding hydrogens is 482 g/mol. The minimum absolute atomic E-state index is 0.106. The Morgan fingerprint density at radius 3 is 2.82 bits per heavy atom. The number of aliphatic hydroxyl groups is 1. The maximum absolute atomic E-state index is 11.2. The summed E-state index contributed by atoms with van der Waals surface area (Å²) >= 11 is 0. The van der Waals surface area contributed by atoms with E-state index in [1.165, 1.54) is 6.08 Å². The first-order valence-corrected chi connectivity index (χ1v) is 12.2. The molecule has 5 aromatic rings. The van der Waals surface area contributed by atoms with Crippen molar-refractivity contribution in [3.8, 4) is 17.0 Å². The van der Waals surface area contributed by atoms with Crippen molar-refractivity contribution in [1.29, 1.82) is 0 Å². The smallest absolute Gasteiger partial charge is 0.243 e. The highest BCUT2D eigenvalue weighted by Crippen LogP contribution is 2.26. The van der Waals surface area contributed by atoms with Crippen molar-refractivity contribution in [1.82, 2.24) is 35.4 Å². The van der Waals surface area contributed by atoms with Crippen molar-refractivity contribution >= 4 is 22.5 Å². The van der Waals surface area contributed by atoms with Crippen LogP contribution in [0.2, 0.25) is 0 Å². The molecule has 0 saturated heterocycles. The van der Waals surface area contributed by atoms with Crippen molar-refractivity contribution in [2.45, 2.75) is 19.3 Å². The maximum Gasteiger partial charge on any atom is 0.243 e. The van der Waals surface area contributed by atoms with Gasteiger partial charge in [-0.25, -0.2) is 0 Å². The Morgan fingerprint density at radius 1 is 1.11 bits per heavy atom. The van der Waals surface area contributed by atoms with Gasteiger partial charge in [-0.3, -0.25) is 15.1 Å². The van der Waals surface area contributed by atoms with Crippen LogP contribution in [-0.4, -0.2) is 55.1 Å². The summed E-state index contributed by atoms with van der Waals surface area (Å²) in [6, 6.07) is 21.5. The predicted molar refractivity (Wildman–Crippen MR) is 143 cm³/mol. The van der Waals surface area contributed by atoms with Crippen LogP contribution < -0.4 is 15.4 Å². The minimum atomic E-state index is -0.844. The van der Waals surface area contributed by atoms with Gasteiger partial charge >= 0.3 is 0 Å². The molecule has 0 spiro atoms. The van der Waals surface area contributed by atoms with Gasteiger partial charge in [-0.15, -0.1) is 10.2 Å². The minimum Gasteiger partial charge on any atom is -0.485 e. The Morgan fingerprint density at radius 2 is 1.97 bits per heavy atom. The fraction of sp³-hybridized carbons (Fsp3) is 0.179. The second-order valence-corrected chi connectivity index (χ2v) is 8.59. The molecule has 0 aliphatic carbocycles. The van der Waals surface area contributed by atoms with Crippen LogP contribution in [0.25, 0.3) is 27.8 Å². The summed E-state index contributed by atoms with van der Waals surface area (Å²) < 4.78 is 7.84. The van der Waals surface area contributed by atoms with Gasteiger partial charge in [-0.2, -0.15) is 9.61 Å². The zero-order valence-corrected chi connectivity index (χ0v) is 20.6. The van der Waals surface area contributed by atoms with Gasteiger partial charge in [0.15, 0.2) is 11.5 Å². The van der Waals surface area contributed by atoms with Crippen molar-refractivity contribution in [2.24, 2.45) is 0 Å². The average molecular weight is 510 g/mol. The summed E-state index contributed by atoms with van der Waals surface area (Å²) in [5.41, 5.74) is 4.33. The summed E-state index contributed by atoms with van der Waals surface area (Å²) in [7, 11) is 0. The van der Waals surface area contributed by atoms with Crippen molar-refractivity contribution in [2.75, 3.05) is 13.1 Å². The SMILES string of the molecule is C=CC(=O)NCC(O)NCCc1ccc2c(OCc3nnc4ccc(-c5ccccc5)nn34)ccnc2c1. The lowest BCUT2D eigenvalue weighted by atomic mass is 10.1. The highest BCUT2D eigenvalue weighted by Gasteiger charge is 2.12. The molecular formula is C28H27N7O3. The number of carbonyl (C=O) groups excluding carboxylic acids is 1. The van der Waals surface area contributed by atoms with E-state index in [0.717, 1.165) is 27.7 Å². The molecule has 0 bridgehead atoms. The standard InChI is InChI=1S/C28H27N7O3/c1-2-27(36)31-17-28(37)30-14-12-19-8-9-21-23(16-19)29-15-13-24(21)38-18-26-33-32-25-11-10-22(34-35(25)26)20-6-4-3-5-7-20/h2-11,13,15-16,28,30,37H,1,12,14,17-18H2,(H,31,36). The molecule has 3 heterocycles. The van der Waals surface area contributed by atoms with E-state index in [0.29, 0.717) is 30.2 Å². The van der Waals surface area contributed by atoms with Gasteiger partial charge in [-0.1, -0.05) is 43.0 Å². The summed E-state index contributed by atoms with van der Waals surface area (Å²) in [5, 5.41) is 29.5. The first kappa shape index (κ1) is 25.0. The molecule has 2 aromatic carbocycles. The topological polar surface area (TPSA) is 127 Å². The first-order valence-electron chi connectivity index (χ1n) is 12.2. The number of nitrogens with zero attached hydrogens (tertiary/aromatic N) is 5. The molecule has 192 valence electrons. The maximum atomic E-state index is 11.2. The van der Waals surface area contributed by atoms with Gasteiger partial charge in [-0.05, 0) is 48.4 Å². The van der Waals surface area contributed by atoms with Crippen LogP contribution in [0, 0.1) is 0 Å². The molecule has 0 radical (unpaired) electrons. The van der Waals surface area contributed by atoms with E-state index in [4.69, 9.17) is 9.84 Å². The van der Waals surface area contributed by atoms with E-state index in [1.54, 1.807) is 10.7 Å². The van der Waals surface area contributed by atoms with Gasteiger partial charge in [0, 0.05) is 23.7 Å². The van der Waals surface area contributed by atoms with Crippen molar-refractivity contribution < 1.29 is 14.6 Å². The third kappa shape index (κ3) is 5.83. The van der Waals surface area contributed by atoms with Crippen LogP contribution >= 0.6 is 0 Å². The number of aromatic nitrogens is 5. The fourth-order valence-corrected chi connectivity index (χ4v) is 4.00. The quantitative estimate of drug-likeness (QED) is 0.183. The lowest BCUT2D eigenvalue weighted by Gasteiger charge is -2.13. The molecule has 1 unspecified atom stereocenters. The normalized spacial score (nSPS) is 11.9. The largest absolute Gasteiger partial charge is 0.485 e. The van der Waals surface area contributed by atoms with Crippen LogP contribution in [0.5, 0.6) is 5.75 Å². The van der Waals surface area contributed by atoms with Gasteiger partial charge < -0.3 is 15.2 Å². The van der Waals surface area contributed by atoms with Crippen molar-refractivity contribution in [3.05, 3.63) is 97.0 Å². The number of aliphatic hydroxyl groups excluding tert-OH is 1. The van der Waals surface area contributed by atoms with Gasteiger partial charge in [0.05, 0.1) is 17.8 Å². The lowest BCUT2D eigenvalue weighted by molar-refractivity contribution is -0.117. The molecule has 5 rings (SSSR count). The van der Waals surface area contributed by atoms with E-state index >= 15 is 0 Å². The number of carbonyl (C=O) groups is 1. The molecule has 1 amide bonds. The lowest BCUT2D eigenvalue weighted by Crippen LogP contribution is -2.41. The summed E-state index contributed by atoms with van der Waals surface area (Å²) in [4.78, 5) is 15.7. The second kappa shape index (κ2) is 11.6. The zero-order chi connectivity index (χ0) is 26.3. The number of fused-ring (bicyclic) bond motifs is 2. The molecule has 3 N–H and O–H groups in total. The number of ether oxygens (including phenoxy) is 1. The van der Waals surface area contributed by atoms with E-state index in [9.17, 15) is 9.90 Å². The van der Waals surface area contributed by atoms with E-state index in [-0.39, 0.29) is 19.1 Å². The number of amides is 1. The zero-order valence-electron chi connectivity index (χ0n) is 20.6. The van der Waals surface area contributed by atoms with Crippen LogP contribution in [0.15, 0.2) is 85.6 Å². The molecule has 0 saturated carbocycles. The second-order valence-electron chi connectivity index (χ2n) is 8.59. The van der Waals surface area contributed by atoms with Gasteiger partial charge in [0.25, 0.3) is 0 Å². The Bertz CT molecular complexity index is 1570. The fourth-order valence-electron chi connectivity index (χ4n) is 4.00. The Labute approximate surface area is 219 Å². The van der Waals surface area contributed by atoms with E-state index in [1.807, 2.05) is 66.7 Å². The molecule has 38 heavy (non-hydrogen) atoms. The van der Waals surface area contributed by atoms with Crippen LogP contribution in [0.3, 0.4) is 0 Å². The predicted octanol–water partition coefficient (Wildman–Crippen LogP) is 2.67. The molecule has 1 atom stereocenters. The Balaban J connectivity index is 1.24. The molecule has 0 aliphatic heterocycles. The molecule has 0 aliphatic rings.